The molecule has 0 bridgehead atoms. The van der Waals surface area contributed by atoms with Crippen molar-refractivity contribution in [1.82, 2.24) is 9.88 Å². The Morgan fingerprint density at radius 1 is 1.35 bits per heavy atom. The molecule has 104 valence electrons. The second-order valence-electron chi connectivity index (χ2n) is 4.48. The summed E-state index contributed by atoms with van der Waals surface area (Å²) >= 11 is 1.46. The van der Waals surface area contributed by atoms with Gasteiger partial charge in [-0.3, -0.25) is 4.79 Å². The normalized spacial score (nSPS) is 14.8. The summed E-state index contributed by atoms with van der Waals surface area (Å²) in [6.45, 7) is 1.20. The van der Waals surface area contributed by atoms with E-state index in [-0.39, 0.29) is 12.0 Å². The van der Waals surface area contributed by atoms with Crippen molar-refractivity contribution in [2.24, 2.45) is 0 Å². The lowest BCUT2D eigenvalue weighted by atomic mass is 10.1. The molecule has 2 aromatic rings. The van der Waals surface area contributed by atoms with Gasteiger partial charge in [0.25, 0.3) is 11.1 Å². The summed E-state index contributed by atoms with van der Waals surface area (Å²) in [5, 5.41) is 2.53. The Kier molecular flexibility index (Phi) is 3.56. The van der Waals surface area contributed by atoms with Crippen LogP contribution in [-0.4, -0.2) is 42.1 Å². The third kappa shape index (κ3) is 2.60. The van der Waals surface area contributed by atoms with E-state index < -0.39 is 0 Å². The van der Waals surface area contributed by atoms with Crippen molar-refractivity contribution >= 4 is 17.2 Å². The van der Waals surface area contributed by atoms with Gasteiger partial charge in [0.05, 0.1) is 20.2 Å². The molecule has 1 fully saturated rings. The van der Waals surface area contributed by atoms with Gasteiger partial charge in [0, 0.05) is 17.1 Å². The minimum atomic E-state index is 0.0200. The average Bonchev–Trinajstić information content (AvgIpc) is 2.95. The molecule has 0 spiro atoms. The molecule has 1 aliphatic rings. The number of likely N-dealkylation sites (tertiary alicyclic amines) is 1. The van der Waals surface area contributed by atoms with Crippen LogP contribution in [0.15, 0.2) is 35.8 Å². The maximum absolute atomic E-state index is 12.2. The number of ether oxygens (including phenoxy) is 2. The molecule has 6 heteroatoms. The summed E-state index contributed by atoms with van der Waals surface area (Å²) < 4.78 is 10.7. The highest BCUT2D eigenvalue weighted by Gasteiger charge is 2.33. The Balaban J connectivity index is 1.54. The SMILES string of the molecule is COc1ccc(C(=O)N2CC(Oc3nccs3)C2)cc1. The summed E-state index contributed by atoms with van der Waals surface area (Å²) in [7, 11) is 1.60. The molecule has 1 aliphatic heterocycles. The van der Waals surface area contributed by atoms with Gasteiger partial charge in [-0.15, -0.1) is 0 Å². The van der Waals surface area contributed by atoms with E-state index in [0.717, 1.165) is 5.75 Å². The Morgan fingerprint density at radius 2 is 2.10 bits per heavy atom. The van der Waals surface area contributed by atoms with Crippen LogP contribution in [0.5, 0.6) is 10.9 Å². The summed E-state index contributed by atoms with van der Waals surface area (Å²) in [6, 6.07) is 7.12. The third-order valence-electron chi connectivity index (χ3n) is 3.15. The van der Waals surface area contributed by atoms with Crippen LogP contribution in [0, 0.1) is 0 Å². The van der Waals surface area contributed by atoms with Crippen molar-refractivity contribution in [2.45, 2.75) is 6.10 Å². The number of nitrogens with zero attached hydrogens (tertiary/aromatic N) is 2. The Hall–Kier alpha value is -2.08. The van der Waals surface area contributed by atoms with Crippen LogP contribution in [0.2, 0.25) is 0 Å². The van der Waals surface area contributed by atoms with E-state index in [1.54, 1.807) is 42.5 Å². The molecule has 1 amide bonds. The largest absolute Gasteiger partial charge is 0.497 e. The predicted octanol–water partition coefficient (Wildman–Crippen LogP) is 2.06. The summed E-state index contributed by atoms with van der Waals surface area (Å²) in [5.41, 5.74) is 0.665. The lowest BCUT2D eigenvalue weighted by Crippen LogP contribution is -2.56. The fraction of sp³-hybridized carbons (Fsp3) is 0.286. The second-order valence-corrected chi connectivity index (χ2v) is 5.33. The number of carbonyl (C=O) groups excluding carboxylic acids is 1. The molecule has 0 N–H and O–H groups in total. The highest BCUT2D eigenvalue weighted by molar-refractivity contribution is 7.11. The summed E-state index contributed by atoms with van der Waals surface area (Å²) in [4.78, 5) is 18.0. The number of thiazole rings is 1. The van der Waals surface area contributed by atoms with Crippen molar-refractivity contribution < 1.29 is 14.3 Å². The van der Waals surface area contributed by atoms with Gasteiger partial charge in [-0.05, 0) is 24.3 Å². The van der Waals surface area contributed by atoms with Crippen molar-refractivity contribution in [2.75, 3.05) is 20.2 Å². The first-order chi connectivity index (χ1) is 9.76. The molecular formula is C14H14N2O3S. The van der Waals surface area contributed by atoms with E-state index in [0.29, 0.717) is 23.8 Å². The van der Waals surface area contributed by atoms with E-state index in [1.165, 1.54) is 11.3 Å². The Morgan fingerprint density at radius 3 is 2.70 bits per heavy atom. The topological polar surface area (TPSA) is 51.7 Å². The summed E-state index contributed by atoms with van der Waals surface area (Å²) in [6.07, 6.45) is 1.75. The molecule has 2 heterocycles. The van der Waals surface area contributed by atoms with E-state index in [9.17, 15) is 4.79 Å². The second kappa shape index (κ2) is 5.50. The zero-order chi connectivity index (χ0) is 13.9. The van der Waals surface area contributed by atoms with Crippen LogP contribution in [0.4, 0.5) is 0 Å². The Bertz CT molecular complexity index is 577. The number of rotatable bonds is 4. The molecule has 0 unspecified atom stereocenters. The van der Waals surface area contributed by atoms with Gasteiger partial charge < -0.3 is 14.4 Å². The fourth-order valence-corrected chi connectivity index (χ4v) is 2.56. The Labute approximate surface area is 120 Å². The van der Waals surface area contributed by atoms with Crippen molar-refractivity contribution in [3.05, 3.63) is 41.4 Å². The molecule has 1 aromatic heterocycles. The van der Waals surface area contributed by atoms with Crippen molar-refractivity contribution in [1.29, 1.82) is 0 Å². The number of hydrogen-bond acceptors (Lipinski definition) is 5. The molecule has 0 saturated carbocycles. The lowest BCUT2D eigenvalue weighted by Gasteiger charge is -2.38. The zero-order valence-corrected chi connectivity index (χ0v) is 11.8. The van der Waals surface area contributed by atoms with Crippen LogP contribution in [-0.2, 0) is 0 Å². The van der Waals surface area contributed by atoms with Crippen LogP contribution >= 0.6 is 11.3 Å². The van der Waals surface area contributed by atoms with Gasteiger partial charge in [0.2, 0.25) is 0 Å². The first-order valence-electron chi connectivity index (χ1n) is 6.26. The molecule has 5 nitrogen and oxygen atoms in total. The molecular weight excluding hydrogens is 276 g/mol. The van der Waals surface area contributed by atoms with Gasteiger partial charge in [-0.25, -0.2) is 4.98 Å². The van der Waals surface area contributed by atoms with Gasteiger partial charge in [0.1, 0.15) is 11.9 Å². The molecule has 20 heavy (non-hydrogen) atoms. The van der Waals surface area contributed by atoms with Crippen LogP contribution in [0.25, 0.3) is 0 Å². The van der Waals surface area contributed by atoms with Crippen LogP contribution in [0.3, 0.4) is 0 Å². The molecule has 1 aromatic carbocycles. The first kappa shape index (κ1) is 12.9. The first-order valence-corrected chi connectivity index (χ1v) is 7.13. The number of hydrogen-bond donors (Lipinski definition) is 0. The van der Waals surface area contributed by atoms with Crippen LogP contribution in [0.1, 0.15) is 10.4 Å². The quantitative estimate of drug-likeness (QED) is 0.865. The van der Waals surface area contributed by atoms with E-state index in [2.05, 4.69) is 4.98 Å². The van der Waals surface area contributed by atoms with Crippen LogP contribution < -0.4 is 9.47 Å². The van der Waals surface area contributed by atoms with E-state index in [4.69, 9.17) is 9.47 Å². The number of carbonyl (C=O) groups is 1. The summed E-state index contributed by atoms with van der Waals surface area (Å²) in [5.74, 6) is 0.766. The average molecular weight is 290 g/mol. The molecule has 3 rings (SSSR count). The maximum atomic E-state index is 12.2. The van der Waals surface area contributed by atoms with Gasteiger partial charge in [-0.1, -0.05) is 11.3 Å². The predicted molar refractivity (Wildman–Crippen MR) is 75.4 cm³/mol. The smallest absolute Gasteiger partial charge is 0.273 e. The fourth-order valence-electron chi connectivity index (χ4n) is 2.01. The third-order valence-corrected chi connectivity index (χ3v) is 3.81. The zero-order valence-electron chi connectivity index (χ0n) is 11.0. The van der Waals surface area contributed by atoms with E-state index in [1.807, 2.05) is 5.38 Å². The molecule has 0 radical (unpaired) electrons. The van der Waals surface area contributed by atoms with E-state index >= 15 is 0 Å². The standard InChI is InChI=1S/C14H14N2O3S/c1-18-11-4-2-10(3-5-11)13(17)16-8-12(9-16)19-14-15-6-7-20-14/h2-7,12H,8-9H2,1H3. The van der Waals surface area contributed by atoms with Gasteiger partial charge in [0.15, 0.2) is 0 Å². The minimum Gasteiger partial charge on any atom is -0.497 e. The van der Waals surface area contributed by atoms with Gasteiger partial charge >= 0.3 is 0 Å². The number of amides is 1. The number of benzene rings is 1. The monoisotopic (exact) mass is 290 g/mol. The lowest BCUT2D eigenvalue weighted by molar-refractivity contribution is 0.0177. The number of methoxy groups -OCH3 is 1. The molecule has 0 aliphatic carbocycles. The maximum Gasteiger partial charge on any atom is 0.273 e. The minimum absolute atomic E-state index is 0.0200. The highest BCUT2D eigenvalue weighted by atomic mass is 32.1. The highest BCUT2D eigenvalue weighted by Crippen LogP contribution is 2.22. The van der Waals surface area contributed by atoms with Gasteiger partial charge in [-0.2, -0.15) is 0 Å². The van der Waals surface area contributed by atoms with Crippen molar-refractivity contribution in [3.63, 3.8) is 0 Å². The molecule has 1 saturated heterocycles. The number of aromatic nitrogens is 1. The molecule has 0 atom stereocenters. The van der Waals surface area contributed by atoms with Crippen molar-refractivity contribution in [3.8, 4) is 10.9 Å².